The molecule has 0 amide bonds. The lowest BCUT2D eigenvalue weighted by Gasteiger charge is -2.40. The number of nitrogens with zero attached hydrogens (tertiary/aromatic N) is 3. The van der Waals surface area contributed by atoms with E-state index in [0.29, 0.717) is 16.9 Å². The van der Waals surface area contributed by atoms with Crippen molar-refractivity contribution in [3.05, 3.63) is 11.5 Å². The summed E-state index contributed by atoms with van der Waals surface area (Å²) in [5.41, 5.74) is 0. The Morgan fingerprint density at radius 3 is 2.81 bits per heavy atom. The van der Waals surface area contributed by atoms with Gasteiger partial charge in [-0.2, -0.15) is 0 Å². The quantitative estimate of drug-likeness (QED) is 0.746. The Morgan fingerprint density at radius 2 is 2.19 bits per heavy atom. The topological polar surface area (TPSA) is 38.3 Å². The van der Waals surface area contributed by atoms with Crippen molar-refractivity contribution < 1.29 is 4.74 Å². The number of ether oxygens (including phenoxy) is 1. The number of fused-ring (bicyclic) bond motifs is 1. The molecule has 0 saturated heterocycles. The molecule has 2 heterocycles. The summed E-state index contributed by atoms with van der Waals surface area (Å²) in [7, 11) is 0. The van der Waals surface area contributed by atoms with Crippen LogP contribution in [0, 0.1) is 0 Å². The van der Waals surface area contributed by atoms with Gasteiger partial charge >= 0.3 is 0 Å². The lowest BCUT2D eigenvalue weighted by Crippen LogP contribution is -2.48. The minimum atomic E-state index is 0.112. The van der Waals surface area contributed by atoms with Gasteiger partial charge in [-0.05, 0) is 20.3 Å². The van der Waals surface area contributed by atoms with E-state index in [9.17, 15) is 0 Å². The maximum Gasteiger partial charge on any atom is 0.199 e. The first-order valence-electron chi connectivity index (χ1n) is 5.62. The van der Waals surface area contributed by atoms with Crippen LogP contribution in [0.15, 0.2) is 6.33 Å². The van der Waals surface area contributed by atoms with Crippen LogP contribution in [0.2, 0.25) is 5.15 Å². The lowest BCUT2D eigenvalue weighted by atomic mass is 10.1. The predicted octanol–water partition coefficient (Wildman–Crippen LogP) is 2.52. The van der Waals surface area contributed by atoms with Crippen molar-refractivity contribution in [2.75, 3.05) is 11.4 Å². The zero-order valence-corrected chi connectivity index (χ0v) is 10.5. The van der Waals surface area contributed by atoms with Gasteiger partial charge in [-0.15, -0.1) is 0 Å². The maximum absolute atomic E-state index is 6.02. The Morgan fingerprint density at radius 1 is 1.44 bits per heavy atom. The van der Waals surface area contributed by atoms with Crippen molar-refractivity contribution in [2.24, 2.45) is 0 Å². The minimum Gasteiger partial charge on any atom is -0.482 e. The molecule has 0 aromatic carbocycles. The molecule has 0 bridgehead atoms. The smallest absolute Gasteiger partial charge is 0.199 e. The molecule has 1 aliphatic rings. The van der Waals surface area contributed by atoms with Crippen LogP contribution in [0.25, 0.3) is 0 Å². The lowest BCUT2D eigenvalue weighted by molar-refractivity contribution is 0.164. The summed E-state index contributed by atoms with van der Waals surface area (Å²) < 4.78 is 5.80. The number of rotatable bonds is 2. The standard InChI is InChI=1S/C11H16ClN3O/c1-4-8-7(3)16-9-10(12)13-6-14-11(9)15(8)5-2/h6-8H,4-5H2,1-3H3. The molecule has 88 valence electrons. The van der Waals surface area contributed by atoms with Crippen molar-refractivity contribution in [3.8, 4) is 5.75 Å². The molecule has 16 heavy (non-hydrogen) atoms. The van der Waals surface area contributed by atoms with Crippen molar-refractivity contribution >= 4 is 17.4 Å². The molecule has 0 fully saturated rings. The number of aromatic nitrogens is 2. The fourth-order valence-electron chi connectivity index (χ4n) is 2.26. The van der Waals surface area contributed by atoms with Crippen LogP contribution in [0.5, 0.6) is 5.75 Å². The van der Waals surface area contributed by atoms with E-state index in [4.69, 9.17) is 16.3 Å². The Hall–Kier alpha value is -1.03. The van der Waals surface area contributed by atoms with Crippen LogP contribution in [0.3, 0.4) is 0 Å². The Labute approximate surface area is 101 Å². The van der Waals surface area contributed by atoms with Gasteiger partial charge in [-0.1, -0.05) is 18.5 Å². The third kappa shape index (κ3) is 1.71. The summed E-state index contributed by atoms with van der Waals surface area (Å²) in [6.07, 6.45) is 2.62. The molecule has 2 atom stereocenters. The molecule has 0 spiro atoms. The zero-order chi connectivity index (χ0) is 11.7. The molecule has 0 radical (unpaired) electrons. The molecule has 2 unspecified atom stereocenters. The van der Waals surface area contributed by atoms with Crippen LogP contribution in [-0.2, 0) is 0 Å². The van der Waals surface area contributed by atoms with Crippen LogP contribution in [0.4, 0.5) is 5.82 Å². The van der Waals surface area contributed by atoms with E-state index in [2.05, 4.69) is 35.6 Å². The van der Waals surface area contributed by atoms with Gasteiger partial charge < -0.3 is 9.64 Å². The zero-order valence-electron chi connectivity index (χ0n) is 9.77. The molecule has 1 aromatic heterocycles. The van der Waals surface area contributed by atoms with Crippen molar-refractivity contribution in [3.63, 3.8) is 0 Å². The van der Waals surface area contributed by atoms with Crippen LogP contribution >= 0.6 is 11.6 Å². The van der Waals surface area contributed by atoms with E-state index in [1.54, 1.807) is 0 Å². The summed E-state index contributed by atoms with van der Waals surface area (Å²) in [6.45, 7) is 7.22. The number of hydrogen-bond acceptors (Lipinski definition) is 4. The van der Waals surface area contributed by atoms with Gasteiger partial charge in [-0.25, -0.2) is 9.97 Å². The minimum absolute atomic E-state index is 0.112. The third-order valence-electron chi connectivity index (χ3n) is 3.02. The summed E-state index contributed by atoms with van der Waals surface area (Å²) in [5.74, 6) is 1.43. The third-order valence-corrected chi connectivity index (χ3v) is 3.29. The van der Waals surface area contributed by atoms with E-state index >= 15 is 0 Å². The van der Waals surface area contributed by atoms with Crippen LogP contribution < -0.4 is 9.64 Å². The second-order valence-corrected chi connectivity index (χ2v) is 4.26. The summed E-state index contributed by atoms with van der Waals surface area (Å²) >= 11 is 6.02. The first kappa shape index (κ1) is 11.5. The van der Waals surface area contributed by atoms with Gasteiger partial charge in [0.05, 0.1) is 6.04 Å². The summed E-state index contributed by atoms with van der Waals surface area (Å²) in [5, 5.41) is 0.393. The normalized spacial score (nSPS) is 23.9. The largest absolute Gasteiger partial charge is 0.482 e. The van der Waals surface area contributed by atoms with Crippen LogP contribution in [0.1, 0.15) is 27.2 Å². The SMILES string of the molecule is CCC1C(C)Oc2c(Cl)ncnc2N1CC. The molecule has 0 N–H and O–H groups in total. The second-order valence-electron chi connectivity index (χ2n) is 3.90. The highest BCUT2D eigenvalue weighted by Crippen LogP contribution is 2.38. The number of halogens is 1. The fourth-order valence-corrected chi connectivity index (χ4v) is 2.43. The fraction of sp³-hybridized carbons (Fsp3) is 0.636. The molecular weight excluding hydrogens is 226 g/mol. The summed E-state index contributed by atoms with van der Waals surface area (Å²) in [4.78, 5) is 10.5. The van der Waals surface area contributed by atoms with Crippen molar-refractivity contribution in [2.45, 2.75) is 39.3 Å². The average Bonchev–Trinajstić information content (AvgIpc) is 2.28. The first-order valence-corrected chi connectivity index (χ1v) is 6.00. The number of likely N-dealkylation sites (N-methyl/N-ethyl adjacent to an activating group) is 1. The second kappa shape index (κ2) is 4.45. The van der Waals surface area contributed by atoms with Gasteiger partial charge in [0.2, 0.25) is 0 Å². The summed E-state index contributed by atoms with van der Waals surface area (Å²) in [6, 6.07) is 0.350. The van der Waals surface area contributed by atoms with Gasteiger partial charge in [-0.3, -0.25) is 0 Å². The molecule has 0 aliphatic carbocycles. The molecule has 0 saturated carbocycles. The molecule has 1 aliphatic heterocycles. The average molecular weight is 242 g/mol. The predicted molar refractivity (Wildman–Crippen MR) is 64.2 cm³/mol. The molecule has 1 aromatic rings. The number of anilines is 1. The van der Waals surface area contributed by atoms with Gasteiger partial charge in [0.25, 0.3) is 0 Å². The van der Waals surface area contributed by atoms with E-state index in [-0.39, 0.29) is 6.10 Å². The van der Waals surface area contributed by atoms with Crippen molar-refractivity contribution in [1.82, 2.24) is 9.97 Å². The van der Waals surface area contributed by atoms with Gasteiger partial charge in [0.15, 0.2) is 16.7 Å². The van der Waals surface area contributed by atoms with Crippen molar-refractivity contribution in [1.29, 1.82) is 0 Å². The monoisotopic (exact) mass is 241 g/mol. The van der Waals surface area contributed by atoms with E-state index in [1.807, 2.05) is 0 Å². The highest BCUT2D eigenvalue weighted by Gasteiger charge is 2.33. The molecule has 5 heteroatoms. The number of hydrogen-bond donors (Lipinski definition) is 0. The maximum atomic E-state index is 6.02. The molecule has 4 nitrogen and oxygen atoms in total. The molecule has 2 rings (SSSR count). The highest BCUT2D eigenvalue weighted by molar-refractivity contribution is 6.31. The first-order chi connectivity index (χ1) is 7.69. The van der Waals surface area contributed by atoms with Crippen LogP contribution in [-0.4, -0.2) is 28.7 Å². The van der Waals surface area contributed by atoms with Gasteiger partial charge in [0.1, 0.15) is 12.4 Å². The highest BCUT2D eigenvalue weighted by atomic mass is 35.5. The van der Waals surface area contributed by atoms with E-state index in [1.165, 1.54) is 6.33 Å². The van der Waals surface area contributed by atoms with Gasteiger partial charge in [0, 0.05) is 6.54 Å². The van der Waals surface area contributed by atoms with E-state index < -0.39 is 0 Å². The molecular formula is C11H16ClN3O. The van der Waals surface area contributed by atoms with E-state index in [0.717, 1.165) is 18.8 Å². The Bertz CT molecular complexity index is 385. The Kier molecular flexibility index (Phi) is 3.19. The Balaban J connectivity index is 2.47.